The largest absolute Gasteiger partial charge is 0.618 e. The standard InChI is InChI=1S/C27H25ClN6O5S2/c28-20-7-6-18-11-24(40-23(18)12-20)41(38,39)32-9-10-33(21(16-32)15-31-26(35)17-4-5-17)27(36)25-29-13-19(14-30-25)22-3-1-2-8-34(22)37/h1-3,6-8,11-14,17,21H,4-5,9-10,15-16H2,(H,31,35). The molecule has 4 aromatic rings. The van der Waals surface area contributed by atoms with Crippen molar-refractivity contribution in [2.24, 2.45) is 5.92 Å². The molecule has 1 saturated heterocycles. The fourth-order valence-corrected chi connectivity index (χ4v) is 8.08. The third kappa shape index (κ3) is 5.62. The molecule has 1 aromatic carbocycles. The van der Waals surface area contributed by atoms with E-state index >= 15 is 0 Å². The van der Waals surface area contributed by atoms with Crippen molar-refractivity contribution in [3.63, 3.8) is 0 Å². The molecule has 1 saturated carbocycles. The molecule has 1 atom stereocenters. The van der Waals surface area contributed by atoms with Crippen LogP contribution in [0.1, 0.15) is 23.5 Å². The molecule has 212 valence electrons. The van der Waals surface area contributed by atoms with E-state index in [4.69, 9.17) is 11.6 Å². The second-order valence-electron chi connectivity index (χ2n) is 9.99. The van der Waals surface area contributed by atoms with Gasteiger partial charge in [-0.25, -0.2) is 18.4 Å². The highest BCUT2D eigenvalue weighted by atomic mass is 35.5. The van der Waals surface area contributed by atoms with Crippen LogP contribution in [-0.4, -0.2) is 71.6 Å². The molecule has 41 heavy (non-hydrogen) atoms. The van der Waals surface area contributed by atoms with Gasteiger partial charge in [0.1, 0.15) is 4.21 Å². The fourth-order valence-electron chi connectivity index (χ4n) is 4.78. The second kappa shape index (κ2) is 11.0. The van der Waals surface area contributed by atoms with E-state index < -0.39 is 22.0 Å². The second-order valence-corrected chi connectivity index (χ2v) is 13.7. The van der Waals surface area contributed by atoms with Crippen LogP contribution in [0.2, 0.25) is 5.02 Å². The van der Waals surface area contributed by atoms with Crippen LogP contribution in [0.15, 0.2) is 65.3 Å². The van der Waals surface area contributed by atoms with Gasteiger partial charge in [-0.2, -0.15) is 9.04 Å². The van der Waals surface area contributed by atoms with Crippen molar-refractivity contribution in [2.45, 2.75) is 23.1 Å². The fraction of sp³-hybridized carbons (Fsp3) is 0.296. The van der Waals surface area contributed by atoms with Crippen molar-refractivity contribution in [2.75, 3.05) is 26.2 Å². The van der Waals surface area contributed by atoms with E-state index in [-0.39, 0.29) is 48.0 Å². The molecule has 0 spiro atoms. The topological polar surface area (TPSA) is 140 Å². The predicted molar refractivity (Wildman–Crippen MR) is 153 cm³/mol. The van der Waals surface area contributed by atoms with Crippen LogP contribution in [-0.2, 0) is 14.8 Å². The predicted octanol–water partition coefficient (Wildman–Crippen LogP) is 2.69. The molecular formula is C27H25ClN6O5S2. The van der Waals surface area contributed by atoms with Crippen LogP contribution >= 0.6 is 22.9 Å². The summed E-state index contributed by atoms with van der Waals surface area (Å²) in [7, 11) is -3.87. The summed E-state index contributed by atoms with van der Waals surface area (Å²) in [5.74, 6) is -0.712. The van der Waals surface area contributed by atoms with E-state index in [2.05, 4.69) is 15.3 Å². The number of halogens is 1. The molecule has 0 radical (unpaired) electrons. The lowest BCUT2D eigenvalue weighted by Crippen LogP contribution is -2.59. The Kier molecular flexibility index (Phi) is 7.36. The van der Waals surface area contributed by atoms with Crippen molar-refractivity contribution in [1.29, 1.82) is 0 Å². The van der Waals surface area contributed by atoms with Gasteiger partial charge >= 0.3 is 0 Å². The zero-order chi connectivity index (χ0) is 28.7. The number of thiophene rings is 1. The molecule has 1 unspecified atom stereocenters. The van der Waals surface area contributed by atoms with Crippen LogP contribution in [0.5, 0.6) is 0 Å². The van der Waals surface area contributed by atoms with Crippen molar-refractivity contribution < 1.29 is 22.7 Å². The van der Waals surface area contributed by atoms with Crippen molar-refractivity contribution in [1.82, 2.24) is 24.5 Å². The number of carbonyl (C=O) groups excluding carboxylic acids is 2. The lowest BCUT2D eigenvalue weighted by Gasteiger charge is -2.40. The Balaban J connectivity index is 1.24. The van der Waals surface area contributed by atoms with Gasteiger partial charge in [0.15, 0.2) is 6.20 Å². The Bertz CT molecular complexity index is 1740. The molecule has 2 aliphatic rings. The molecule has 0 bridgehead atoms. The minimum atomic E-state index is -3.87. The van der Waals surface area contributed by atoms with Gasteiger partial charge in [0, 0.05) is 66.3 Å². The maximum Gasteiger partial charge on any atom is 0.292 e. The van der Waals surface area contributed by atoms with E-state index in [1.165, 1.54) is 27.8 Å². The molecule has 6 rings (SSSR count). The van der Waals surface area contributed by atoms with Crippen LogP contribution in [0.3, 0.4) is 0 Å². The molecule has 2 amide bonds. The number of aromatic nitrogens is 3. The number of pyridine rings is 1. The maximum absolute atomic E-state index is 13.7. The zero-order valence-electron chi connectivity index (χ0n) is 21.6. The quantitative estimate of drug-likeness (QED) is 0.250. The number of carbonyl (C=O) groups is 2. The van der Waals surface area contributed by atoms with E-state index in [1.54, 1.807) is 42.5 Å². The highest BCUT2D eigenvalue weighted by molar-refractivity contribution is 7.91. The van der Waals surface area contributed by atoms with Gasteiger partial charge in [-0.3, -0.25) is 9.59 Å². The number of hydrogen-bond donors (Lipinski definition) is 1. The van der Waals surface area contributed by atoms with Crippen LogP contribution in [0, 0.1) is 11.1 Å². The highest BCUT2D eigenvalue weighted by Gasteiger charge is 2.39. The minimum absolute atomic E-state index is 0.00764. The van der Waals surface area contributed by atoms with Crippen LogP contribution in [0.4, 0.5) is 0 Å². The average molecular weight is 613 g/mol. The Morgan fingerprint density at radius 2 is 1.90 bits per heavy atom. The van der Waals surface area contributed by atoms with Crippen molar-refractivity contribution in [3.8, 4) is 11.3 Å². The van der Waals surface area contributed by atoms with Gasteiger partial charge in [0.25, 0.3) is 15.9 Å². The number of sulfonamides is 1. The van der Waals surface area contributed by atoms with Gasteiger partial charge in [-0.15, -0.1) is 11.3 Å². The Labute approximate surface area is 245 Å². The Morgan fingerprint density at radius 1 is 1.12 bits per heavy atom. The lowest BCUT2D eigenvalue weighted by atomic mass is 10.1. The summed E-state index contributed by atoms with van der Waals surface area (Å²) >= 11 is 7.23. The first kappa shape index (κ1) is 27.5. The first-order valence-electron chi connectivity index (χ1n) is 13.0. The summed E-state index contributed by atoms with van der Waals surface area (Å²) in [6, 6.07) is 11.1. The number of piperazine rings is 1. The smallest absolute Gasteiger partial charge is 0.292 e. The highest BCUT2D eigenvalue weighted by Crippen LogP contribution is 2.34. The third-order valence-electron chi connectivity index (χ3n) is 7.18. The summed E-state index contributed by atoms with van der Waals surface area (Å²) in [5, 5.41) is 16.3. The number of rotatable bonds is 7. The summed E-state index contributed by atoms with van der Waals surface area (Å²) < 4.78 is 30.3. The summed E-state index contributed by atoms with van der Waals surface area (Å²) in [6.07, 6.45) is 5.81. The van der Waals surface area contributed by atoms with Crippen LogP contribution in [0.25, 0.3) is 21.3 Å². The Morgan fingerprint density at radius 3 is 2.63 bits per heavy atom. The molecule has 1 aliphatic carbocycles. The third-order valence-corrected chi connectivity index (χ3v) is 10.8. The number of fused-ring (bicyclic) bond motifs is 1. The Hall–Kier alpha value is -3.65. The maximum atomic E-state index is 13.7. The SMILES string of the molecule is O=C(NCC1CN(S(=O)(=O)c2cc3ccc(Cl)cc3s2)CCN1C(=O)c1ncc(-c2cccc[n+]2[O-])cn1)C1CC1. The molecule has 1 aliphatic heterocycles. The van der Waals surface area contributed by atoms with Gasteiger partial charge in [0.2, 0.25) is 17.4 Å². The van der Waals surface area contributed by atoms with E-state index in [1.807, 2.05) is 0 Å². The van der Waals surface area contributed by atoms with Gasteiger partial charge < -0.3 is 15.4 Å². The number of nitrogens with one attached hydrogen (secondary N) is 1. The van der Waals surface area contributed by atoms with E-state index in [0.717, 1.165) is 34.3 Å². The lowest BCUT2D eigenvalue weighted by molar-refractivity contribution is -0.593. The molecular weight excluding hydrogens is 588 g/mol. The summed E-state index contributed by atoms with van der Waals surface area (Å²) in [5.41, 5.74) is 0.792. The van der Waals surface area contributed by atoms with E-state index in [9.17, 15) is 23.2 Å². The van der Waals surface area contributed by atoms with Gasteiger partial charge in [0.05, 0.1) is 11.6 Å². The molecule has 11 nitrogen and oxygen atoms in total. The molecule has 14 heteroatoms. The van der Waals surface area contributed by atoms with Crippen molar-refractivity contribution in [3.05, 3.63) is 77.1 Å². The number of amides is 2. The summed E-state index contributed by atoms with van der Waals surface area (Å²) in [4.78, 5) is 35.9. The van der Waals surface area contributed by atoms with Gasteiger partial charge in [-0.05, 0) is 42.5 Å². The molecule has 3 aromatic heterocycles. The van der Waals surface area contributed by atoms with E-state index in [0.29, 0.717) is 21.0 Å². The first-order chi connectivity index (χ1) is 19.7. The molecule has 2 fully saturated rings. The molecule has 4 heterocycles. The average Bonchev–Trinajstić information content (AvgIpc) is 3.74. The normalized spacial score (nSPS) is 18.0. The first-order valence-corrected chi connectivity index (χ1v) is 15.6. The van der Waals surface area contributed by atoms with Crippen LogP contribution < -0.4 is 10.0 Å². The monoisotopic (exact) mass is 612 g/mol. The number of benzene rings is 1. The summed E-state index contributed by atoms with van der Waals surface area (Å²) in [6.45, 7) is 0.233. The molecule has 1 N–H and O–H groups in total. The zero-order valence-corrected chi connectivity index (χ0v) is 24.0. The minimum Gasteiger partial charge on any atom is -0.618 e. The number of nitrogens with zero attached hydrogens (tertiary/aromatic N) is 5. The van der Waals surface area contributed by atoms with Crippen molar-refractivity contribution >= 4 is 54.9 Å². The number of hydrogen-bond acceptors (Lipinski definition) is 8. The van der Waals surface area contributed by atoms with Gasteiger partial charge in [-0.1, -0.05) is 17.7 Å².